The molecule has 3 heteroatoms. The fraction of sp³-hybridized carbons (Fsp3) is 0.500. The van der Waals surface area contributed by atoms with Crippen LogP contribution in [0.15, 0.2) is 30.3 Å². The highest BCUT2D eigenvalue weighted by Gasteiger charge is 2.18. The van der Waals surface area contributed by atoms with Crippen molar-refractivity contribution in [1.82, 2.24) is 4.90 Å². The second-order valence-corrected chi connectivity index (χ2v) is 5.24. The van der Waals surface area contributed by atoms with Crippen LogP contribution in [0.2, 0.25) is 0 Å². The topological polar surface area (TPSA) is 29.5 Å². The summed E-state index contributed by atoms with van der Waals surface area (Å²) in [5.74, 6) is 0.0568. The first-order chi connectivity index (χ1) is 10.1. The van der Waals surface area contributed by atoms with Gasteiger partial charge in [-0.3, -0.25) is 4.79 Å². The fourth-order valence-electron chi connectivity index (χ4n) is 2.33. The lowest BCUT2D eigenvalue weighted by atomic mass is 10.1. The summed E-state index contributed by atoms with van der Waals surface area (Å²) in [6, 6.07) is 8.42. The number of carbonyl (C=O) groups excluding carboxylic acids is 1. The summed E-state index contributed by atoms with van der Waals surface area (Å²) in [7, 11) is 1.66. The quantitative estimate of drug-likeness (QED) is 0.683. The van der Waals surface area contributed by atoms with E-state index in [-0.39, 0.29) is 11.9 Å². The van der Waals surface area contributed by atoms with Crippen molar-refractivity contribution in [3.63, 3.8) is 0 Å². The molecule has 0 aliphatic carbocycles. The van der Waals surface area contributed by atoms with E-state index < -0.39 is 0 Å². The van der Waals surface area contributed by atoms with Crippen LogP contribution in [0.1, 0.15) is 37.8 Å². The molecular formula is C18H27NO2. The van der Waals surface area contributed by atoms with Gasteiger partial charge in [0.1, 0.15) is 0 Å². The van der Waals surface area contributed by atoms with Gasteiger partial charge in [-0.1, -0.05) is 43.7 Å². The van der Waals surface area contributed by atoms with Crippen LogP contribution >= 0.6 is 0 Å². The summed E-state index contributed by atoms with van der Waals surface area (Å²) in [6.45, 7) is 7.49. The highest BCUT2D eigenvalue weighted by atomic mass is 16.5. The molecule has 1 amide bonds. The first-order valence-electron chi connectivity index (χ1n) is 7.66. The molecule has 0 saturated heterocycles. The zero-order valence-corrected chi connectivity index (χ0v) is 13.6. The van der Waals surface area contributed by atoms with Gasteiger partial charge in [0.25, 0.3) is 0 Å². The third-order valence-electron chi connectivity index (χ3n) is 3.70. The first kappa shape index (κ1) is 17.4. The molecule has 1 rings (SSSR count). The third kappa shape index (κ3) is 5.72. The lowest BCUT2D eigenvalue weighted by Gasteiger charge is -2.29. The number of benzene rings is 1. The van der Waals surface area contributed by atoms with Crippen LogP contribution in [0.25, 0.3) is 6.08 Å². The van der Waals surface area contributed by atoms with Gasteiger partial charge in [0.05, 0.1) is 6.61 Å². The minimum atomic E-state index is 0.0568. The predicted molar refractivity (Wildman–Crippen MR) is 88.2 cm³/mol. The highest BCUT2D eigenvalue weighted by molar-refractivity contribution is 5.92. The maximum Gasteiger partial charge on any atom is 0.246 e. The summed E-state index contributed by atoms with van der Waals surface area (Å²) >= 11 is 0. The van der Waals surface area contributed by atoms with Crippen LogP contribution in [0.5, 0.6) is 0 Å². The maximum absolute atomic E-state index is 12.4. The van der Waals surface area contributed by atoms with Gasteiger partial charge in [0.2, 0.25) is 5.91 Å². The van der Waals surface area contributed by atoms with Crippen LogP contribution < -0.4 is 0 Å². The zero-order chi connectivity index (χ0) is 15.7. The van der Waals surface area contributed by atoms with Crippen LogP contribution in [-0.4, -0.2) is 37.1 Å². The van der Waals surface area contributed by atoms with Gasteiger partial charge in [-0.2, -0.15) is 0 Å². The molecular weight excluding hydrogens is 262 g/mol. The van der Waals surface area contributed by atoms with Crippen molar-refractivity contribution in [2.24, 2.45) is 0 Å². The monoisotopic (exact) mass is 289 g/mol. The van der Waals surface area contributed by atoms with Crippen LogP contribution in [-0.2, 0) is 9.53 Å². The van der Waals surface area contributed by atoms with Crippen molar-refractivity contribution in [1.29, 1.82) is 0 Å². The molecule has 0 fully saturated rings. The average Bonchev–Trinajstić information content (AvgIpc) is 2.50. The Balaban J connectivity index is 2.77. The van der Waals surface area contributed by atoms with E-state index in [0.29, 0.717) is 13.2 Å². The van der Waals surface area contributed by atoms with Gasteiger partial charge >= 0.3 is 0 Å². The summed E-state index contributed by atoms with van der Waals surface area (Å²) in [5, 5.41) is 0. The minimum absolute atomic E-state index is 0.0568. The molecule has 0 radical (unpaired) electrons. The smallest absolute Gasteiger partial charge is 0.246 e. The number of hydrogen-bond donors (Lipinski definition) is 0. The number of hydrogen-bond acceptors (Lipinski definition) is 2. The first-order valence-corrected chi connectivity index (χ1v) is 7.66. The molecule has 0 saturated carbocycles. The largest absolute Gasteiger partial charge is 0.383 e. The Morgan fingerprint density at radius 2 is 1.86 bits per heavy atom. The molecule has 0 heterocycles. The molecule has 1 aromatic rings. The van der Waals surface area contributed by atoms with E-state index in [1.54, 1.807) is 13.2 Å². The molecule has 0 aliphatic rings. The van der Waals surface area contributed by atoms with E-state index in [4.69, 9.17) is 4.74 Å². The van der Waals surface area contributed by atoms with E-state index in [9.17, 15) is 4.79 Å². The maximum atomic E-state index is 12.4. The van der Waals surface area contributed by atoms with E-state index in [1.807, 2.05) is 35.2 Å². The molecule has 0 bridgehead atoms. The molecule has 0 aliphatic heterocycles. The molecule has 0 aromatic heterocycles. The van der Waals surface area contributed by atoms with Crippen LogP contribution in [0, 0.1) is 6.92 Å². The number of amides is 1. The van der Waals surface area contributed by atoms with Crippen LogP contribution in [0.4, 0.5) is 0 Å². The standard InChI is InChI=1S/C18H27NO2/c1-5-17(6-2)19(13-14-21-4)18(20)12-11-16-9-7-15(3)8-10-16/h7-12,17H,5-6,13-14H2,1-4H3/b12-11+. The van der Waals surface area contributed by atoms with Gasteiger partial charge in [-0.15, -0.1) is 0 Å². The van der Waals surface area contributed by atoms with Crippen molar-refractivity contribution in [3.05, 3.63) is 41.5 Å². The van der Waals surface area contributed by atoms with E-state index in [2.05, 4.69) is 20.8 Å². The van der Waals surface area contributed by atoms with Crippen molar-refractivity contribution in [3.8, 4) is 0 Å². The second kappa shape index (κ2) is 9.35. The van der Waals surface area contributed by atoms with Crippen LogP contribution in [0.3, 0.4) is 0 Å². The Kier molecular flexibility index (Phi) is 7.76. The van der Waals surface area contributed by atoms with Gasteiger partial charge in [-0.25, -0.2) is 0 Å². The number of ether oxygens (including phenoxy) is 1. The lowest BCUT2D eigenvalue weighted by molar-refractivity contribution is -0.129. The van der Waals surface area contributed by atoms with E-state index >= 15 is 0 Å². The molecule has 0 spiro atoms. The Labute approximate surface area is 128 Å². The SMILES string of the molecule is CCC(CC)N(CCOC)C(=O)/C=C/c1ccc(C)cc1. The Morgan fingerprint density at radius 3 is 2.38 bits per heavy atom. The van der Waals surface area contributed by atoms with Gasteiger partial charge in [-0.05, 0) is 31.4 Å². The minimum Gasteiger partial charge on any atom is -0.383 e. The Morgan fingerprint density at radius 1 is 1.24 bits per heavy atom. The summed E-state index contributed by atoms with van der Waals surface area (Å²) in [5.41, 5.74) is 2.27. The van der Waals surface area contributed by atoms with Crippen molar-refractivity contribution in [2.45, 2.75) is 39.7 Å². The third-order valence-corrected chi connectivity index (χ3v) is 3.70. The van der Waals surface area contributed by atoms with E-state index in [1.165, 1.54) is 5.56 Å². The Bertz CT molecular complexity index is 447. The molecule has 0 atom stereocenters. The number of aryl methyl sites for hydroxylation is 1. The lowest BCUT2D eigenvalue weighted by Crippen LogP contribution is -2.40. The summed E-state index contributed by atoms with van der Waals surface area (Å²) in [4.78, 5) is 14.3. The molecule has 0 unspecified atom stereocenters. The molecule has 116 valence electrons. The van der Waals surface area contributed by atoms with Crippen molar-refractivity contribution in [2.75, 3.05) is 20.3 Å². The normalized spacial score (nSPS) is 11.3. The molecule has 0 N–H and O–H groups in total. The van der Waals surface area contributed by atoms with Crippen molar-refractivity contribution >= 4 is 12.0 Å². The Hall–Kier alpha value is -1.61. The number of nitrogens with zero attached hydrogens (tertiary/aromatic N) is 1. The van der Waals surface area contributed by atoms with Gasteiger partial charge < -0.3 is 9.64 Å². The fourth-order valence-corrected chi connectivity index (χ4v) is 2.33. The average molecular weight is 289 g/mol. The molecule has 1 aromatic carbocycles. The number of rotatable bonds is 8. The van der Waals surface area contributed by atoms with E-state index in [0.717, 1.165) is 18.4 Å². The highest BCUT2D eigenvalue weighted by Crippen LogP contribution is 2.11. The predicted octanol–water partition coefficient (Wildman–Crippen LogP) is 3.67. The molecule has 3 nitrogen and oxygen atoms in total. The van der Waals surface area contributed by atoms with Gasteiger partial charge in [0, 0.05) is 25.8 Å². The molecule has 21 heavy (non-hydrogen) atoms. The zero-order valence-electron chi connectivity index (χ0n) is 13.6. The van der Waals surface area contributed by atoms with Crippen molar-refractivity contribution < 1.29 is 9.53 Å². The summed E-state index contributed by atoms with van der Waals surface area (Å²) < 4.78 is 5.12. The number of carbonyl (C=O) groups is 1. The number of methoxy groups -OCH3 is 1. The van der Waals surface area contributed by atoms with Gasteiger partial charge in [0.15, 0.2) is 0 Å². The second-order valence-electron chi connectivity index (χ2n) is 5.24. The summed E-state index contributed by atoms with van der Waals surface area (Å²) in [6.07, 6.45) is 5.47.